The summed E-state index contributed by atoms with van der Waals surface area (Å²) >= 11 is 0. The fourth-order valence-electron chi connectivity index (χ4n) is 5.81. The second-order valence-electron chi connectivity index (χ2n) is 7.63. The van der Waals surface area contributed by atoms with Gasteiger partial charge in [-0.15, -0.1) is 0 Å². The second-order valence-corrected chi connectivity index (χ2v) is 7.63. The molecular formula is C19H23NO3. The van der Waals surface area contributed by atoms with Crippen LogP contribution < -0.4 is 9.47 Å². The van der Waals surface area contributed by atoms with Crippen LogP contribution in [0.1, 0.15) is 30.4 Å². The van der Waals surface area contributed by atoms with E-state index in [4.69, 9.17) is 9.47 Å². The molecule has 2 bridgehead atoms. The number of methoxy groups -OCH3 is 1. The summed E-state index contributed by atoms with van der Waals surface area (Å²) in [5.74, 6) is 1.62. The van der Waals surface area contributed by atoms with E-state index in [0.717, 1.165) is 49.3 Å². The highest BCUT2D eigenvalue weighted by molar-refractivity contribution is 5.64. The monoisotopic (exact) mass is 313 g/mol. The van der Waals surface area contributed by atoms with Crippen LogP contribution in [-0.4, -0.2) is 48.5 Å². The molecule has 2 fully saturated rings. The minimum Gasteiger partial charge on any atom is -0.493 e. The molecule has 4 heteroatoms. The van der Waals surface area contributed by atoms with Gasteiger partial charge in [-0.1, -0.05) is 12.6 Å². The maximum absolute atomic E-state index is 11.9. The molecule has 0 radical (unpaired) electrons. The van der Waals surface area contributed by atoms with Crippen molar-refractivity contribution in [2.24, 2.45) is 0 Å². The lowest BCUT2D eigenvalue weighted by atomic mass is 9.48. The lowest BCUT2D eigenvalue weighted by Crippen LogP contribution is -2.74. The Balaban J connectivity index is 1.86. The molecule has 2 aliphatic heterocycles. The molecule has 1 N–H and O–H groups in total. The minimum atomic E-state index is -0.740. The predicted octanol–water partition coefficient (Wildman–Crippen LogP) is 2.04. The number of hydrogen-bond donors (Lipinski definition) is 1. The van der Waals surface area contributed by atoms with Crippen molar-refractivity contribution in [1.82, 2.24) is 4.90 Å². The number of nitrogens with zero attached hydrogens (tertiary/aromatic N) is 1. The van der Waals surface area contributed by atoms with E-state index in [0.29, 0.717) is 0 Å². The summed E-state index contributed by atoms with van der Waals surface area (Å²) in [6, 6.07) is 4.32. The van der Waals surface area contributed by atoms with Gasteiger partial charge in [0, 0.05) is 11.6 Å². The third-order valence-electron chi connectivity index (χ3n) is 6.88. The molecule has 122 valence electrons. The highest BCUT2D eigenvalue weighted by Crippen LogP contribution is 2.65. The Labute approximate surface area is 136 Å². The van der Waals surface area contributed by atoms with Gasteiger partial charge in [0.25, 0.3) is 0 Å². The van der Waals surface area contributed by atoms with E-state index in [9.17, 15) is 5.11 Å². The molecule has 0 aromatic heterocycles. The first-order chi connectivity index (χ1) is 11.0. The molecule has 4 atom stereocenters. The Bertz CT molecular complexity index is 730. The smallest absolute Gasteiger partial charge is 0.166 e. The number of likely N-dealkylation sites (tertiary alicyclic amines) is 1. The summed E-state index contributed by atoms with van der Waals surface area (Å²) in [6.45, 7) is 5.27. The number of hydrogen-bond acceptors (Lipinski definition) is 4. The zero-order chi connectivity index (χ0) is 16.0. The average Bonchev–Trinajstić information content (AvgIpc) is 2.90. The van der Waals surface area contributed by atoms with Gasteiger partial charge in [0.15, 0.2) is 11.5 Å². The van der Waals surface area contributed by atoms with Crippen LogP contribution in [0.4, 0.5) is 0 Å². The maximum atomic E-state index is 11.9. The van der Waals surface area contributed by atoms with Crippen molar-refractivity contribution in [1.29, 1.82) is 0 Å². The fraction of sp³-hybridized carbons (Fsp3) is 0.579. The SMILES string of the molecule is C=C1CC[C@]2(O)C3Cc4ccc(OC)c5c4[C@]2(CCN3C)C1O5. The molecule has 1 saturated carbocycles. The predicted molar refractivity (Wildman–Crippen MR) is 87.2 cm³/mol. The summed E-state index contributed by atoms with van der Waals surface area (Å²) in [4.78, 5) is 2.33. The molecular weight excluding hydrogens is 290 g/mol. The largest absolute Gasteiger partial charge is 0.493 e. The van der Waals surface area contributed by atoms with Crippen molar-refractivity contribution in [2.75, 3.05) is 20.7 Å². The fourth-order valence-corrected chi connectivity index (χ4v) is 5.81. The highest BCUT2D eigenvalue weighted by Gasteiger charge is 2.71. The molecule has 1 saturated heterocycles. The Hall–Kier alpha value is -1.52. The van der Waals surface area contributed by atoms with Gasteiger partial charge < -0.3 is 19.5 Å². The van der Waals surface area contributed by atoms with Gasteiger partial charge in [-0.25, -0.2) is 0 Å². The van der Waals surface area contributed by atoms with Crippen LogP contribution >= 0.6 is 0 Å². The summed E-state index contributed by atoms with van der Waals surface area (Å²) in [7, 11) is 3.82. The van der Waals surface area contributed by atoms with E-state index in [1.807, 2.05) is 6.07 Å². The molecule has 1 spiro atoms. The summed E-state index contributed by atoms with van der Waals surface area (Å²) in [6.07, 6.45) is 3.27. The minimum absolute atomic E-state index is 0.122. The Morgan fingerprint density at radius 2 is 2.22 bits per heavy atom. The maximum Gasteiger partial charge on any atom is 0.166 e. The number of benzene rings is 1. The number of aliphatic hydroxyl groups is 1. The standard InChI is InChI=1S/C19H23NO3/c1-11-6-7-19(21)14-10-12-4-5-13(22-3)16-15(12)18(19,17(11)23-16)8-9-20(14)2/h4-5,14,17,21H,1,6-10H2,2-3H3/t14?,17?,18-,19+/m1/s1. The summed E-state index contributed by atoms with van der Waals surface area (Å²) in [5.41, 5.74) is 2.53. The van der Waals surface area contributed by atoms with Crippen LogP contribution in [0.25, 0.3) is 0 Å². The van der Waals surface area contributed by atoms with Crippen LogP contribution in [0, 0.1) is 0 Å². The van der Waals surface area contributed by atoms with E-state index in [-0.39, 0.29) is 17.6 Å². The first-order valence-electron chi connectivity index (χ1n) is 8.50. The summed E-state index contributed by atoms with van der Waals surface area (Å²) in [5, 5.41) is 11.9. The van der Waals surface area contributed by atoms with E-state index in [1.54, 1.807) is 7.11 Å². The second kappa shape index (κ2) is 4.11. The molecule has 0 amide bonds. The van der Waals surface area contributed by atoms with Gasteiger partial charge in [0.05, 0.1) is 18.1 Å². The summed E-state index contributed by atoms with van der Waals surface area (Å²) < 4.78 is 12.0. The number of rotatable bonds is 1. The van der Waals surface area contributed by atoms with E-state index < -0.39 is 5.60 Å². The van der Waals surface area contributed by atoms with Crippen LogP contribution in [0.15, 0.2) is 24.3 Å². The van der Waals surface area contributed by atoms with Gasteiger partial charge in [0.2, 0.25) is 0 Å². The van der Waals surface area contributed by atoms with Crippen molar-refractivity contribution < 1.29 is 14.6 Å². The number of likely N-dealkylation sites (N-methyl/N-ethyl adjacent to an activating group) is 1. The van der Waals surface area contributed by atoms with Gasteiger partial charge >= 0.3 is 0 Å². The molecule has 1 aromatic rings. The zero-order valence-electron chi connectivity index (χ0n) is 13.8. The normalized spacial score (nSPS) is 40.6. The highest BCUT2D eigenvalue weighted by atomic mass is 16.5. The van der Waals surface area contributed by atoms with Crippen molar-refractivity contribution in [3.8, 4) is 11.5 Å². The van der Waals surface area contributed by atoms with Gasteiger partial charge in [0.1, 0.15) is 6.10 Å². The quantitative estimate of drug-likeness (QED) is 0.806. The topological polar surface area (TPSA) is 41.9 Å². The van der Waals surface area contributed by atoms with Crippen LogP contribution in [0.5, 0.6) is 11.5 Å². The van der Waals surface area contributed by atoms with E-state index in [1.165, 1.54) is 11.1 Å². The van der Waals surface area contributed by atoms with Crippen molar-refractivity contribution in [3.05, 3.63) is 35.4 Å². The zero-order valence-corrected chi connectivity index (χ0v) is 13.8. The van der Waals surface area contributed by atoms with Crippen LogP contribution in [-0.2, 0) is 11.8 Å². The molecule has 1 aromatic carbocycles. The Morgan fingerprint density at radius 1 is 1.39 bits per heavy atom. The van der Waals surface area contributed by atoms with Crippen LogP contribution in [0.3, 0.4) is 0 Å². The van der Waals surface area contributed by atoms with Crippen molar-refractivity contribution in [2.45, 2.75) is 48.8 Å². The lowest BCUT2D eigenvalue weighted by molar-refractivity contribution is -0.168. The third-order valence-corrected chi connectivity index (χ3v) is 6.88. The van der Waals surface area contributed by atoms with E-state index >= 15 is 0 Å². The van der Waals surface area contributed by atoms with Crippen LogP contribution in [0.2, 0.25) is 0 Å². The molecule has 4 aliphatic rings. The van der Waals surface area contributed by atoms with Gasteiger partial charge in [-0.2, -0.15) is 0 Å². The first-order valence-corrected chi connectivity index (χ1v) is 8.50. The molecule has 2 heterocycles. The molecule has 4 nitrogen and oxygen atoms in total. The lowest BCUT2D eigenvalue weighted by Gasteiger charge is -2.62. The Morgan fingerprint density at radius 3 is 3.00 bits per heavy atom. The molecule has 23 heavy (non-hydrogen) atoms. The molecule has 2 unspecified atom stereocenters. The molecule has 2 aliphatic carbocycles. The average molecular weight is 313 g/mol. The first kappa shape index (κ1) is 13.9. The Kier molecular flexibility index (Phi) is 2.48. The van der Waals surface area contributed by atoms with Crippen molar-refractivity contribution >= 4 is 0 Å². The van der Waals surface area contributed by atoms with Gasteiger partial charge in [-0.3, -0.25) is 0 Å². The molecule has 5 rings (SSSR count). The number of piperidine rings is 1. The van der Waals surface area contributed by atoms with E-state index in [2.05, 4.69) is 24.6 Å². The number of ether oxygens (including phenoxy) is 2. The van der Waals surface area contributed by atoms with Crippen molar-refractivity contribution in [3.63, 3.8) is 0 Å². The third kappa shape index (κ3) is 1.33. The van der Waals surface area contributed by atoms with Gasteiger partial charge in [-0.05, 0) is 56.5 Å².